The lowest BCUT2D eigenvalue weighted by atomic mass is 9.68. The van der Waals surface area contributed by atoms with Crippen LogP contribution in [0.3, 0.4) is 0 Å². The van der Waals surface area contributed by atoms with Crippen LogP contribution in [-0.4, -0.2) is 19.7 Å². The molecule has 24 heavy (non-hydrogen) atoms. The van der Waals surface area contributed by atoms with Gasteiger partial charge < -0.3 is 4.43 Å². The molecule has 0 N–H and O–H groups in total. The maximum absolute atomic E-state index is 12.3. The Morgan fingerprint density at radius 3 is 2.58 bits per heavy atom. The largest absolute Gasteiger partial charge is 0.408 e. The van der Waals surface area contributed by atoms with Crippen molar-refractivity contribution in [3.8, 4) is 0 Å². The minimum atomic E-state index is -1.73. The quantitative estimate of drug-likeness (QED) is 0.650. The zero-order valence-electron chi connectivity index (χ0n) is 16.1. The molecule has 0 aliphatic heterocycles. The van der Waals surface area contributed by atoms with Gasteiger partial charge in [0.25, 0.3) is 0 Å². The van der Waals surface area contributed by atoms with Crippen molar-refractivity contribution < 1.29 is 9.22 Å². The van der Waals surface area contributed by atoms with Gasteiger partial charge in [0.2, 0.25) is 0 Å². The van der Waals surface area contributed by atoms with Gasteiger partial charge in [0.15, 0.2) is 14.1 Å². The number of hydrogen-bond donors (Lipinski definition) is 0. The fourth-order valence-electron chi connectivity index (χ4n) is 6.32. The average Bonchev–Trinajstić information content (AvgIpc) is 2.80. The van der Waals surface area contributed by atoms with Crippen molar-refractivity contribution in [2.24, 2.45) is 29.1 Å². The molecule has 0 unspecified atom stereocenters. The highest BCUT2D eigenvalue weighted by Crippen LogP contribution is 2.72. The van der Waals surface area contributed by atoms with Crippen LogP contribution in [0.2, 0.25) is 19.6 Å². The molecule has 0 saturated heterocycles. The summed E-state index contributed by atoms with van der Waals surface area (Å²) in [6.07, 6.45) is 8.51. The molecule has 0 bridgehead atoms. The SMILES string of the molecule is C[C@@H]1C=C2CC(=O)C=C2[C@@]2(O[Si](C)(C)C)CC[C@@H]3[C@H]([C@@H]2C1)C3(C)C. The monoisotopic (exact) mass is 344 g/mol. The molecule has 0 radical (unpaired) electrons. The number of hydrogen-bond acceptors (Lipinski definition) is 2. The van der Waals surface area contributed by atoms with Crippen molar-refractivity contribution in [3.05, 3.63) is 23.3 Å². The van der Waals surface area contributed by atoms with Gasteiger partial charge in [-0.15, -0.1) is 0 Å². The van der Waals surface area contributed by atoms with Crippen molar-refractivity contribution in [1.29, 1.82) is 0 Å². The van der Waals surface area contributed by atoms with E-state index in [-0.39, 0.29) is 11.4 Å². The Balaban J connectivity index is 1.85. The Hall–Kier alpha value is -0.673. The fourth-order valence-corrected chi connectivity index (χ4v) is 7.78. The van der Waals surface area contributed by atoms with Crippen LogP contribution in [0.1, 0.15) is 46.5 Å². The number of rotatable bonds is 2. The molecule has 132 valence electrons. The van der Waals surface area contributed by atoms with Crippen molar-refractivity contribution >= 4 is 14.1 Å². The first kappa shape index (κ1) is 16.8. The molecule has 0 aromatic heterocycles. The van der Waals surface area contributed by atoms with Crippen LogP contribution in [0.15, 0.2) is 23.3 Å². The zero-order chi connectivity index (χ0) is 17.5. The second-order valence-corrected chi connectivity index (χ2v) is 14.7. The summed E-state index contributed by atoms with van der Waals surface area (Å²) in [6.45, 7) is 14.1. The van der Waals surface area contributed by atoms with Gasteiger partial charge in [-0.25, -0.2) is 0 Å². The normalized spacial score (nSPS) is 43.2. The van der Waals surface area contributed by atoms with E-state index in [0.29, 0.717) is 23.7 Å². The lowest BCUT2D eigenvalue weighted by Gasteiger charge is -2.48. The van der Waals surface area contributed by atoms with Gasteiger partial charge in [0.1, 0.15) is 0 Å². The van der Waals surface area contributed by atoms with Crippen LogP contribution in [-0.2, 0) is 9.22 Å². The lowest BCUT2D eigenvalue weighted by molar-refractivity contribution is -0.113. The van der Waals surface area contributed by atoms with E-state index >= 15 is 0 Å². The number of carbonyl (C=O) groups is 1. The molecule has 0 aromatic carbocycles. The summed E-state index contributed by atoms with van der Waals surface area (Å²) < 4.78 is 7.03. The first-order valence-electron chi connectivity index (χ1n) is 9.71. The molecule has 0 aromatic rings. The van der Waals surface area contributed by atoms with Crippen molar-refractivity contribution in [1.82, 2.24) is 0 Å². The summed E-state index contributed by atoms with van der Waals surface area (Å²) in [7, 11) is -1.73. The molecule has 4 aliphatic carbocycles. The van der Waals surface area contributed by atoms with Gasteiger partial charge in [0.05, 0.1) is 5.60 Å². The van der Waals surface area contributed by atoms with Crippen molar-refractivity contribution in [3.63, 3.8) is 0 Å². The maximum atomic E-state index is 12.3. The van der Waals surface area contributed by atoms with Gasteiger partial charge in [-0.05, 0) is 85.2 Å². The number of allylic oxidation sites excluding steroid dienone is 2. The van der Waals surface area contributed by atoms with E-state index in [1.54, 1.807) is 0 Å². The second kappa shape index (κ2) is 4.94. The highest BCUT2D eigenvalue weighted by atomic mass is 28.4. The zero-order valence-corrected chi connectivity index (χ0v) is 17.1. The smallest absolute Gasteiger partial charge is 0.184 e. The molecular weight excluding hydrogens is 312 g/mol. The van der Waals surface area contributed by atoms with Crippen LogP contribution in [0.25, 0.3) is 0 Å². The molecule has 4 rings (SSSR count). The predicted molar refractivity (Wildman–Crippen MR) is 100 cm³/mol. The predicted octanol–water partition coefficient (Wildman–Crippen LogP) is 5.12. The summed E-state index contributed by atoms with van der Waals surface area (Å²) in [5.41, 5.74) is 2.81. The lowest BCUT2D eigenvalue weighted by Crippen LogP contribution is -2.52. The summed E-state index contributed by atoms with van der Waals surface area (Å²) in [5, 5.41) is 0. The Bertz CT molecular complexity index is 651. The van der Waals surface area contributed by atoms with E-state index in [2.05, 4.69) is 46.5 Å². The third-order valence-corrected chi connectivity index (χ3v) is 8.05. The number of fused-ring (bicyclic) bond motifs is 5. The standard InChI is InChI=1S/C21H32O2Si/c1-13-9-14-11-15(22)12-17(14)21(23-24(4,5)6)8-7-16-19(18(21)10-13)20(16,2)3/h9,12-13,16,18-19H,7-8,10-11H2,1-6H3/t13-,16-,18+,19-,21+/m1/s1. The molecule has 2 saturated carbocycles. The van der Waals surface area contributed by atoms with Crippen LogP contribution in [0.5, 0.6) is 0 Å². The summed E-state index contributed by atoms with van der Waals surface area (Å²) >= 11 is 0. The van der Waals surface area contributed by atoms with Crippen molar-refractivity contribution in [2.45, 2.75) is 71.7 Å². The molecular formula is C21H32O2Si. The molecule has 0 heterocycles. The third-order valence-electron chi connectivity index (χ3n) is 7.07. The van der Waals surface area contributed by atoms with Gasteiger partial charge in [-0.1, -0.05) is 26.8 Å². The molecule has 2 nitrogen and oxygen atoms in total. The van der Waals surface area contributed by atoms with E-state index in [1.807, 2.05) is 6.08 Å². The van der Waals surface area contributed by atoms with Crippen LogP contribution in [0.4, 0.5) is 0 Å². The van der Waals surface area contributed by atoms with E-state index in [1.165, 1.54) is 24.0 Å². The minimum absolute atomic E-state index is 0.192. The Morgan fingerprint density at radius 2 is 1.92 bits per heavy atom. The van der Waals surface area contributed by atoms with E-state index in [0.717, 1.165) is 18.3 Å². The third kappa shape index (κ3) is 2.34. The molecule has 0 amide bonds. The average molecular weight is 345 g/mol. The topological polar surface area (TPSA) is 26.3 Å². The first-order valence-corrected chi connectivity index (χ1v) is 13.1. The van der Waals surface area contributed by atoms with Crippen molar-refractivity contribution in [2.75, 3.05) is 0 Å². The number of ketones is 1. The molecule has 3 heteroatoms. The fraction of sp³-hybridized carbons (Fsp3) is 0.762. The molecule has 5 atom stereocenters. The maximum Gasteiger partial charge on any atom is 0.184 e. The highest BCUT2D eigenvalue weighted by molar-refractivity contribution is 6.69. The van der Waals surface area contributed by atoms with E-state index < -0.39 is 8.32 Å². The van der Waals surface area contributed by atoms with Gasteiger partial charge in [0, 0.05) is 6.42 Å². The molecule has 2 fully saturated rings. The Morgan fingerprint density at radius 1 is 1.21 bits per heavy atom. The summed E-state index contributed by atoms with van der Waals surface area (Å²) in [4.78, 5) is 12.3. The van der Waals surface area contributed by atoms with Crippen LogP contribution >= 0.6 is 0 Å². The number of carbonyl (C=O) groups excluding carboxylic acids is 1. The van der Waals surface area contributed by atoms with Crippen LogP contribution < -0.4 is 0 Å². The molecule has 0 spiro atoms. The first-order chi connectivity index (χ1) is 11.0. The van der Waals surface area contributed by atoms with Gasteiger partial charge >= 0.3 is 0 Å². The van der Waals surface area contributed by atoms with E-state index in [4.69, 9.17) is 4.43 Å². The second-order valence-electron chi connectivity index (χ2n) is 10.3. The van der Waals surface area contributed by atoms with E-state index in [9.17, 15) is 4.79 Å². The van der Waals surface area contributed by atoms with Crippen LogP contribution in [0, 0.1) is 29.1 Å². The van der Waals surface area contributed by atoms with Gasteiger partial charge in [-0.3, -0.25) is 4.79 Å². The Kier molecular flexibility index (Phi) is 3.46. The highest BCUT2D eigenvalue weighted by Gasteiger charge is 2.69. The minimum Gasteiger partial charge on any atom is -0.408 e. The Labute approximate surface area is 147 Å². The summed E-state index contributed by atoms with van der Waals surface area (Å²) in [5.74, 6) is 3.00. The summed E-state index contributed by atoms with van der Waals surface area (Å²) in [6, 6.07) is 0. The van der Waals surface area contributed by atoms with Gasteiger partial charge in [-0.2, -0.15) is 0 Å². The molecule has 4 aliphatic rings.